The molecule has 0 spiro atoms. The average Bonchev–Trinajstić information content (AvgIpc) is 2.41. The van der Waals surface area contributed by atoms with Gasteiger partial charge in [-0.05, 0) is 18.9 Å². The van der Waals surface area contributed by atoms with Crippen molar-refractivity contribution in [1.29, 1.82) is 5.26 Å². The molecule has 100 valence electrons. The van der Waals surface area contributed by atoms with E-state index in [1.807, 2.05) is 4.90 Å². The van der Waals surface area contributed by atoms with E-state index in [2.05, 4.69) is 16.4 Å². The van der Waals surface area contributed by atoms with Crippen LogP contribution in [-0.4, -0.2) is 41.5 Å². The second-order valence-corrected chi connectivity index (χ2v) is 4.57. The Morgan fingerprint density at radius 1 is 1.53 bits per heavy atom. The lowest BCUT2D eigenvalue weighted by Crippen LogP contribution is -2.44. The maximum Gasteiger partial charge on any atom is 0.253 e. The Morgan fingerprint density at radius 2 is 2.26 bits per heavy atom. The molecule has 1 aromatic rings. The van der Waals surface area contributed by atoms with Crippen LogP contribution in [0.2, 0.25) is 0 Å². The predicted molar refractivity (Wildman–Crippen MR) is 66.7 cm³/mol. The van der Waals surface area contributed by atoms with Gasteiger partial charge in [-0.25, -0.2) is 4.39 Å². The van der Waals surface area contributed by atoms with Gasteiger partial charge in [-0.1, -0.05) is 0 Å². The van der Waals surface area contributed by atoms with Gasteiger partial charge in [-0.2, -0.15) is 5.26 Å². The van der Waals surface area contributed by atoms with Crippen LogP contribution in [0.25, 0.3) is 0 Å². The number of rotatable bonds is 3. The molecule has 0 radical (unpaired) electrons. The number of carbonyl (C=O) groups is 1. The Bertz CT molecular complexity index is 492. The minimum Gasteiger partial charge on any atom is -0.349 e. The maximum absolute atomic E-state index is 13.0. The first-order chi connectivity index (χ1) is 9.19. The quantitative estimate of drug-likeness (QED) is 0.823. The zero-order valence-corrected chi connectivity index (χ0v) is 10.5. The van der Waals surface area contributed by atoms with Crippen molar-refractivity contribution in [2.75, 3.05) is 19.6 Å². The van der Waals surface area contributed by atoms with Crippen LogP contribution in [0.1, 0.15) is 23.2 Å². The van der Waals surface area contributed by atoms with E-state index >= 15 is 0 Å². The first kappa shape index (κ1) is 13.4. The summed E-state index contributed by atoms with van der Waals surface area (Å²) in [6, 6.07) is 3.36. The number of halogens is 1. The standard InChI is InChI=1S/C13H15FN4O/c14-11-7-10(8-16-9-11)13(19)17-12-1-4-18(5-2-12)6-3-15/h7-9,12H,1-2,4-6H2,(H,17,19). The van der Waals surface area contributed by atoms with Gasteiger partial charge < -0.3 is 5.32 Å². The van der Waals surface area contributed by atoms with Crippen molar-refractivity contribution in [2.24, 2.45) is 0 Å². The van der Waals surface area contributed by atoms with E-state index in [-0.39, 0.29) is 17.5 Å². The molecule has 2 rings (SSSR count). The Morgan fingerprint density at radius 3 is 2.89 bits per heavy atom. The van der Waals surface area contributed by atoms with E-state index in [9.17, 15) is 9.18 Å². The van der Waals surface area contributed by atoms with E-state index in [4.69, 9.17) is 5.26 Å². The Kier molecular flexibility index (Phi) is 4.42. The summed E-state index contributed by atoms with van der Waals surface area (Å²) in [7, 11) is 0. The SMILES string of the molecule is N#CCN1CCC(NC(=O)c2cncc(F)c2)CC1. The number of hydrogen-bond acceptors (Lipinski definition) is 4. The molecule has 1 N–H and O–H groups in total. The molecule has 0 unspecified atom stereocenters. The normalized spacial score (nSPS) is 16.8. The average molecular weight is 262 g/mol. The van der Waals surface area contributed by atoms with Crippen molar-refractivity contribution in [3.8, 4) is 6.07 Å². The summed E-state index contributed by atoms with van der Waals surface area (Å²) in [4.78, 5) is 17.6. The molecule has 1 amide bonds. The second-order valence-electron chi connectivity index (χ2n) is 4.57. The van der Waals surface area contributed by atoms with Gasteiger partial charge in [0.2, 0.25) is 0 Å². The van der Waals surface area contributed by atoms with Gasteiger partial charge >= 0.3 is 0 Å². The predicted octanol–water partition coefficient (Wildman–Crippen LogP) is 0.938. The molecular weight excluding hydrogens is 247 g/mol. The highest BCUT2D eigenvalue weighted by Crippen LogP contribution is 2.11. The van der Waals surface area contributed by atoms with Crippen molar-refractivity contribution < 1.29 is 9.18 Å². The van der Waals surface area contributed by atoms with Crippen LogP contribution in [0, 0.1) is 17.1 Å². The third-order valence-corrected chi connectivity index (χ3v) is 3.18. The minimum absolute atomic E-state index is 0.0747. The van der Waals surface area contributed by atoms with Crippen LogP contribution in [0.4, 0.5) is 4.39 Å². The molecule has 1 aromatic heterocycles. The molecule has 0 atom stereocenters. The molecule has 0 saturated carbocycles. The minimum atomic E-state index is -0.517. The number of hydrogen-bond donors (Lipinski definition) is 1. The zero-order valence-electron chi connectivity index (χ0n) is 10.5. The number of nitrogens with one attached hydrogen (secondary N) is 1. The van der Waals surface area contributed by atoms with Crippen molar-refractivity contribution in [2.45, 2.75) is 18.9 Å². The zero-order chi connectivity index (χ0) is 13.7. The molecule has 0 aromatic carbocycles. The maximum atomic E-state index is 13.0. The van der Waals surface area contributed by atoms with E-state index in [0.717, 1.165) is 32.1 Å². The number of piperidine rings is 1. The van der Waals surface area contributed by atoms with E-state index in [0.29, 0.717) is 6.54 Å². The first-order valence-electron chi connectivity index (χ1n) is 6.20. The lowest BCUT2D eigenvalue weighted by Gasteiger charge is -2.30. The summed E-state index contributed by atoms with van der Waals surface area (Å²) < 4.78 is 13.0. The third-order valence-electron chi connectivity index (χ3n) is 3.18. The number of likely N-dealkylation sites (tertiary alicyclic amines) is 1. The van der Waals surface area contributed by atoms with Crippen molar-refractivity contribution in [3.63, 3.8) is 0 Å². The number of aromatic nitrogens is 1. The van der Waals surface area contributed by atoms with Crippen molar-refractivity contribution in [1.82, 2.24) is 15.2 Å². The van der Waals surface area contributed by atoms with Gasteiger partial charge in [0.25, 0.3) is 5.91 Å². The molecule has 1 aliphatic rings. The van der Waals surface area contributed by atoms with Crippen LogP contribution in [-0.2, 0) is 0 Å². The highest BCUT2D eigenvalue weighted by molar-refractivity contribution is 5.94. The number of amides is 1. The second kappa shape index (κ2) is 6.25. The van der Waals surface area contributed by atoms with Crippen LogP contribution in [0.3, 0.4) is 0 Å². The number of nitriles is 1. The van der Waals surface area contributed by atoms with Gasteiger partial charge in [0.15, 0.2) is 0 Å². The van der Waals surface area contributed by atoms with E-state index in [1.54, 1.807) is 0 Å². The smallest absolute Gasteiger partial charge is 0.253 e. The molecule has 2 heterocycles. The molecule has 1 fully saturated rings. The van der Waals surface area contributed by atoms with E-state index < -0.39 is 5.82 Å². The fraction of sp³-hybridized carbons (Fsp3) is 0.462. The van der Waals surface area contributed by atoms with Gasteiger partial charge in [0.1, 0.15) is 5.82 Å². The van der Waals surface area contributed by atoms with Gasteiger partial charge in [0, 0.05) is 25.3 Å². The molecule has 1 aliphatic heterocycles. The lowest BCUT2D eigenvalue weighted by molar-refractivity contribution is 0.0913. The molecule has 0 aliphatic carbocycles. The van der Waals surface area contributed by atoms with Crippen LogP contribution in [0.15, 0.2) is 18.5 Å². The highest BCUT2D eigenvalue weighted by Gasteiger charge is 2.21. The Labute approximate surface area is 111 Å². The fourth-order valence-corrected chi connectivity index (χ4v) is 2.14. The van der Waals surface area contributed by atoms with Gasteiger partial charge in [-0.3, -0.25) is 14.7 Å². The van der Waals surface area contributed by atoms with E-state index in [1.165, 1.54) is 12.3 Å². The van der Waals surface area contributed by atoms with Crippen LogP contribution >= 0.6 is 0 Å². The van der Waals surface area contributed by atoms with Crippen molar-refractivity contribution >= 4 is 5.91 Å². The topological polar surface area (TPSA) is 69.0 Å². The van der Waals surface area contributed by atoms with Gasteiger partial charge in [-0.15, -0.1) is 0 Å². The largest absolute Gasteiger partial charge is 0.349 e. The number of pyridine rings is 1. The monoisotopic (exact) mass is 262 g/mol. The molecular formula is C13H15FN4O. The molecule has 1 saturated heterocycles. The summed E-state index contributed by atoms with van der Waals surface area (Å²) in [5.41, 5.74) is 0.236. The molecule has 5 nitrogen and oxygen atoms in total. The number of nitrogens with zero attached hydrogens (tertiary/aromatic N) is 3. The first-order valence-corrected chi connectivity index (χ1v) is 6.20. The summed E-state index contributed by atoms with van der Waals surface area (Å²) in [5.74, 6) is -0.817. The molecule has 6 heteroatoms. The Hall–Kier alpha value is -2.00. The Balaban J connectivity index is 1.86. The summed E-state index contributed by atoms with van der Waals surface area (Å²) >= 11 is 0. The van der Waals surface area contributed by atoms with Crippen LogP contribution in [0.5, 0.6) is 0 Å². The third kappa shape index (κ3) is 3.73. The van der Waals surface area contributed by atoms with Crippen molar-refractivity contribution in [3.05, 3.63) is 29.8 Å². The summed E-state index contributed by atoms with van der Waals surface area (Å²) in [6.45, 7) is 2.01. The highest BCUT2D eigenvalue weighted by atomic mass is 19.1. The summed E-state index contributed by atoms with van der Waals surface area (Å²) in [5, 5.41) is 11.5. The van der Waals surface area contributed by atoms with Crippen LogP contribution < -0.4 is 5.32 Å². The molecule has 19 heavy (non-hydrogen) atoms. The lowest BCUT2D eigenvalue weighted by atomic mass is 10.0. The number of carbonyl (C=O) groups excluding carboxylic acids is 1. The van der Waals surface area contributed by atoms with Gasteiger partial charge in [0.05, 0.1) is 24.4 Å². The fourth-order valence-electron chi connectivity index (χ4n) is 2.14. The summed E-state index contributed by atoms with van der Waals surface area (Å²) in [6.07, 6.45) is 4.02. The molecule has 0 bridgehead atoms.